The van der Waals surface area contributed by atoms with Crippen molar-refractivity contribution in [3.63, 3.8) is 0 Å². The van der Waals surface area contributed by atoms with Crippen molar-refractivity contribution < 1.29 is 9.21 Å². The molecule has 2 rings (SSSR count). The fraction of sp³-hybridized carbons (Fsp3) is 0.688. The summed E-state index contributed by atoms with van der Waals surface area (Å²) in [6.45, 7) is 6.90. The van der Waals surface area contributed by atoms with Crippen LogP contribution in [0.25, 0.3) is 0 Å². The van der Waals surface area contributed by atoms with Gasteiger partial charge < -0.3 is 9.73 Å². The molecule has 0 saturated carbocycles. The number of hydrogen-bond acceptors (Lipinski definition) is 4. The van der Waals surface area contributed by atoms with E-state index in [-0.39, 0.29) is 11.9 Å². The van der Waals surface area contributed by atoms with E-state index in [0.717, 1.165) is 36.1 Å². The Balaban J connectivity index is 1.88. The van der Waals surface area contributed by atoms with Crippen LogP contribution in [0.4, 0.5) is 0 Å². The van der Waals surface area contributed by atoms with Crippen LogP contribution in [0, 0.1) is 6.92 Å². The van der Waals surface area contributed by atoms with Gasteiger partial charge in [0.2, 0.25) is 5.91 Å². The van der Waals surface area contributed by atoms with Gasteiger partial charge in [0.15, 0.2) is 0 Å². The molecule has 4 nitrogen and oxygen atoms in total. The normalized spacial score (nSPS) is 17.0. The van der Waals surface area contributed by atoms with Gasteiger partial charge in [-0.25, -0.2) is 0 Å². The van der Waals surface area contributed by atoms with Crippen LogP contribution in [0.3, 0.4) is 0 Å². The summed E-state index contributed by atoms with van der Waals surface area (Å²) < 4.78 is 5.79. The second-order valence-corrected chi connectivity index (χ2v) is 6.85. The molecule has 0 bridgehead atoms. The second kappa shape index (κ2) is 8.49. The van der Waals surface area contributed by atoms with Gasteiger partial charge >= 0.3 is 0 Å². The van der Waals surface area contributed by atoms with Gasteiger partial charge in [0.25, 0.3) is 0 Å². The van der Waals surface area contributed by atoms with Gasteiger partial charge in [0, 0.05) is 18.7 Å². The largest absolute Gasteiger partial charge is 0.465 e. The third-order valence-corrected chi connectivity index (χ3v) is 4.74. The first-order valence-corrected chi connectivity index (χ1v) is 9.01. The highest BCUT2D eigenvalue weighted by Gasteiger charge is 2.26. The number of amides is 1. The van der Waals surface area contributed by atoms with Gasteiger partial charge in [0.1, 0.15) is 11.5 Å². The summed E-state index contributed by atoms with van der Waals surface area (Å²) in [5.74, 6) is 4.01. The Kier molecular flexibility index (Phi) is 6.64. The molecule has 0 unspecified atom stereocenters. The quantitative estimate of drug-likeness (QED) is 0.750. The fourth-order valence-electron chi connectivity index (χ4n) is 2.70. The van der Waals surface area contributed by atoms with Crippen LogP contribution in [0.5, 0.6) is 0 Å². The van der Waals surface area contributed by atoms with Gasteiger partial charge in [-0.2, -0.15) is 11.8 Å². The van der Waals surface area contributed by atoms with Crippen LogP contribution in [0.2, 0.25) is 0 Å². The number of nitrogens with one attached hydrogen (secondary N) is 1. The van der Waals surface area contributed by atoms with Gasteiger partial charge in [-0.05, 0) is 50.7 Å². The van der Waals surface area contributed by atoms with Crippen molar-refractivity contribution in [2.24, 2.45) is 0 Å². The average molecular weight is 310 g/mol. The highest BCUT2D eigenvalue weighted by molar-refractivity contribution is 7.99. The molecule has 1 amide bonds. The van der Waals surface area contributed by atoms with Crippen LogP contribution < -0.4 is 5.32 Å². The van der Waals surface area contributed by atoms with Gasteiger partial charge in [-0.1, -0.05) is 6.92 Å². The third kappa shape index (κ3) is 5.08. The summed E-state index contributed by atoms with van der Waals surface area (Å²) in [7, 11) is 0. The predicted octanol–water partition coefficient (Wildman–Crippen LogP) is 2.98. The van der Waals surface area contributed by atoms with E-state index < -0.39 is 0 Å². The predicted molar refractivity (Wildman–Crippen MR) is 87.6 cm³/mol. The Labute approximate surface area is 131 Å². The zero-order valence-corrected chi connectivity index (χ0v) is 13.9. The molecule has 21 heavy (non-hydrogen) atoms. The lowest BCUT2D eigenvalue weighted by atomic mass is 10.2. The lowest BCUT2D eigenvalue weighted by Gasteiger charge is -2.26. The minimum Gasteiger partial charge on any atom is -0.465 e. The molecule has 1 saturated heterocycles. The number of nitrogens with zero attached hydrogens (tertiary/aromatic N) is 1. The Morgan fingerprint density at radius 2 is 2.19 bits per heavy atom. The molecule has 0 spiro atoms. The van der Waals surface area contributed by atoms with Gasteiger partial charge in [-0.15, -0.1) is 0 Å². The van der Waals surface area contributed by atoms with E-state index in [1.165, 1.54) is 12.8 Å². The molecule has 1 aliphatic heterocycles. The van der Waals surface area contributed by atoms with E-state index in [1.807, 2.05) is 19.1 Å². The highest BCUT2D eigenvalue weighted by atomic mass is 32.2. The third-order valence-electron chi connectivity index (χ3n) is 3.84. The first-order valence-electron chi connectivity index (χ1n) is 7.85. The van der Waals surface area contributed by atoms with Gasteiger partial charge in [0.05, 0.1) is 6.04 Å². The molecule has 0 aliphatic carbocycles. The number of hydrogen-bond donors (Lipinski definition) is 1. The minimum atomic E-state index is 0.142. The van der Waals surface area contributed by atoms with Crippen molar-refractivity contribution in [3.8, 4) is 0 Å². The highest BCUT2D eigenvalue weighted by Crippen LogP contribution is 2.26. The van der Waals surface area contributed by atoms with E-state index in [0.29, 0.717) is 13.0 Å². The summed E-state index contributed by atoms with van der Waals surface area (Å²) in [4.78, 5) is 14.3. The van der Waals surface area contributed by atoms with E-state index in [2.05, 4.69) is 17.1 Å². The number of rotatable bonds is 8. The number of thioether (sulfide) groups is 1. The number of aryl methyl sites for hydroxylation is 1. The molecular weight excluding hydrogens is 284 g/mol. The van der Waals surface area contributed by atoms with Crippen molar-refractivity contribution in [1.82, 2.24) is 10.2 Å². The first kappa shape index (κ1) is 16.4. The lowest BCUT2D eigenvalue weighted by Crippen LogP contribution is -2.36. The lowest BCUT2D eigenvalue weighted by molar-refractivity contribution is -0.120. The first-order chi connectivity index (χ1) is 10.2. The summed E-state index contributed by atoms with van der Waals surface area (Å²) in [6, 6.07) is 4.21. The Morgan fingerprint density at radius 1 is 1.43 bits per heavy atom. The van der Waals surface area contributed by atoms with E-state index in [1.54, 1.807) is 11.8 Å². The molecule has 1 aliphatic rings. The molecule has 1 fully saturated rings. The topological polar surface area (TPSA) is 45.5 Å². The summed E-state index contributed by atoms with van der Waals surface area (Å²) in [6.07, 6.45) is 3.07. The molecule has 0 radical (unpaired) electrons. The Hall–Kier alpha value is -0.940. The SMILES string of the molecule is CCSCCC(=O)NC[C@H](c1ccc(C)o1)N1CCCC1. The fourth-order valence-corrected chi connectivity index (χ4v) is 3.32. The van der Waals surface area contributed by atoms with Crippen molar-refractivity contribution in [2.45, 2.75) is 39.2 Å². The molecular formula is C16H26N2O2S. The van der Waals surface area contributed by atoms with Crippen molar-refractivity contribution in [1.29, 1.82) is 0 Å². The minimum absolute atomic E-state index is 0.142. The molecule has 1 aromatic rings. The number of carbonyl (C=O) groups is 1. The maximum absolute atomic E-state index is 11.9. The van der Waals surface area contributed by atoms with E-state index in [9.17, 15) is 4.79 Å². The van der Waals surface area contributed by atoms with Gasteiger partial charge in [-0.3, -0.25) is 9.69 Å². The standard InChI is InChI=1S/C16H26N2O2S/c1-3-21-11-8-16(19)17-12-14(18-9-4-5-10-18)15-7-6-13(2)20-15/h6-7,14H,3-5,8-12H2,1-2H3,(H,17,19)/t14-/m1/s1. The monoisotopic (exact) mass is 310 g/mol. The maximum atomic E-state index is 11.9. The summed E-state index contributed by atoms with van der Waals surface area (Å²) >= 11 is 1.81. The zero-order chi connectivity index (χ0) is 15.1. The summed E-state index contributed by atoms with van der Waals surface area (Å²) in [5, 5.41) is 3.07. The van der Waals surface area contributed by atoms with Crippen LogP contribution in [0.15, 0.2) is 16.5 Å². The molecule has 5 heteroatoms. The second-order valence-electron chi connectivity index (χ2n) is 5.46. The van der Waals surface area contributed by atoms with E-state index >= 15 is 0 Å². The smallest absolute Gasteiger partial charge is 0.220 e. The Morgan fingerprint density at radius 3 is 2.81 bits per heavy atom. The molecule has 0 aromatic carbocycles. The molecule has 1 atom stereocenters. The molecule has 1 aromatic heterocycles. The van der Waals surface area contributed by atoms with Crippen LogP contribution >= 0.6 is 11.8 Å². The molecule has 118 valence electrons. The number of furan rings is 1. The zero-order valence-electron chi connectivity index (χ0n) is 13.1. The van der Waals surface area contributed by atoms with E-state index in [4.69, 9.17) is 4.42 Å². The summed E-state index contributed by atoms with van der Waals surface area (Å²) in [5.41, 5.74) is 0. The molecule has 1 N–H and O–H groups in total. The van der Waals surface area contributed by atoms with Crippen LogP contribution in [0.1, 0.15) is 43.7 Å². The number of likely N-dealkylation sites (tertiary alicyclic amines) is 1. The maximum Gasteiger partial charge on any atom is 0.220 e. The van der Waals surface area contributed by atoms with Crippen LogP contribution in [-0.4, -0.2) is 41.9 Å². The Bertz CT molecular complexity index is 441. The van der Waals surface area contributed by atoms with Crippen molar-refractivity contribution in [2.75, 3.05) is 31.1 Å². The van der Waals surface area contributed by atoms with Crippen molar-refractivity contribution >= 4 is 17.7 Å². The van der Waals surface area contributed by atoms with Crippen LogP contribution in [-0.2, 0) is 4.79 Å². The average Bonchev–Trinajstić information content (AvgIpc) is 3.12. The number of carbonyl (C=O) groups excluding carboxylic acids is 1. The van der Waals surface area contributed by atoms with Crippen molar-refractivity contribution in [3.05, 3.63) is 23.7 Å². The molecule has 2 heterocycles.